The number of ether oxygens (including phenoxy) is 2. The minimum absolute atomic E-state index is 0.0902. The van der Waals surface area contributed by atoms with E-state index in [-0.39, 0.29) is 5.60 Å². The summed E-state index contributed by atoms with van der Waals surface area (Å²) < 4.78 is 10.8. The fourth-order valence-electron chi connectivity index (χ4n) is 1.16. The third kappa shape index (κ3) is 2.20. The highest BCUT2D eigenvalue weighted by Crippen LogP contribution is 2.30. The Labute approximate surface area is 88.8 Å². The molecule has 1 heterocycles. The minimum atomic E-state index is -0.0902. The average Bonchev–Trinajstić information content (AvgIpc) is 2.87. The van der Waals surface area contributed by atoms with Crippen LogP contribution in [0.4, 0.5) is 0 Å². The van der Waals surface area contributed by atoms with Crippen LogP contribution >= 0.6 is 11.6 Å². The van der Waals surface area contributed by atoms with Gasteiger partial charge in [-0.3, -0.25) is 0 Å². The van der Waals surface area contributed by atoms with Crippen molar-refractivity contribution in [3.8, 4) is 5.75 Å². The largest absolute Gasteiger partial charge is 0.489 e. The first kappa shape index (κ1) is 9.81. The minimum Gasteiger partial charge on any atom is -0.489 e. The lowest BCUT2D eigenvalue weighted by Gasteiger charge is -2.10. The van der Waals surface area contributed by atoms with Crippen molar-refractivity contribution >= 4 is 11.6 Å². The van der Waals surface area contributed by atoms with Gasteiger partial charge in [-0.05, 0) is 31.5 Å². The highest BCUT2D eigenvalue weighted by molar-refractivity contribution is 6.32. The SMILES string of the molecule is Cc1ccc(Cl)c(OCC2(C)CO2)c1. The number of halogens is 1. The van der Waals surface area contributed by atoms with Crippen LogP contribution in [0.1, 0.15) is 12.5 Å². The summed E-state index contributed by atoms with van der Waals surface area (Å²) in [5.41, 5.74) is 1.05. The van der Waals surface area contributed by atoms with E-state index >= 15 is 0 Å². The van der Waals surface area contributed by atoms with E-state index in [1.807, 2.05) is 32.0 Å². The summed E-state index contributed by atoms with van der Waals surface area (Å²) in [4.78, 5) is 0. The van der Waals surface area contributed by atoms with E-state index in [1.165, 1.54) is 0 Å². The number of aryl methyl sites for hydroxylation is 1. The molecule has 1 aliphatic heterocycles. The number of hydrogen-bond donors (Lipinski definition) is 0. The summed E-state index contributed by atoms with van der Waals surface area (Å²) in [6.07, 6.45) is 0. The molecule has 0 radical (unpaired) electrons. The molecular weight excluding hydrogens is 200 g/mol. The Bertz CT molecular complexity index is 345. The van der Waals surface area contributed by atoms with Crippen molar-refractivity contribution in [2.45, 2.75) is 19.4 Å². The van der Waals surface area contributed by atoms with Crippen molar-refractivity contribution < 1.29 is 9.47 Å². The maximum absolute atomic E-state index is 5.98. The van der Waals surface area contributed by atoms with Gasteiger partial charge in [0.25, 0.3) is 0 Å². The Hall–Kier alpha value is -0.730. The molecule has 0 aromatic heterocycles. The average molecular weight is 213 g/mol. The molecule has 1 aromatic carbocycles. The molecule has 0 amide bonds. The predicted molar refractivity (Wildman–Crippen MR) is 56.0 cm³/mol. The summed E-state index contributed by atoms with van der Waals surface area (Å²) in [6, 6.07) is 5.75. The van der Waals surface area contributed by atoms with Gasteiger partial charge in [-0.2, -0.15) is 0 Å². The lowest BCUT2D eigenvalue weighted by atomic mass is 10.2. The monoisotopic (exact) mass is 212 g/mol. The lowest BCUT2D eigenvalue weighted by Crippen LogP contribution is -2.17. The van der Waals surface area contributed by atoms with Gasteiger partial charge in [-0.1, -0.05) is 17.7 Å². The number of epoxide rings is 1. The molecule has 1 fully saturated rings. The maximum atomic E-state index is 5.98. The molecule has 0 spiro atoms. The highest BCUT2D eigenvalue weighted by atomic mass is 35.5. The third-order valence-electron chi connectivity index (χ3n) is 2.26. The summed E-state index contributed by atoms with van der Waals surface area (Å²) in [5, 5.41) is 0.653. The van der Waals surface area contributed by atoms with Gasteiger partial charge in [0.1, 0.15) is 18.0 Å². The van der Waals surface area contributed by atoms with Crippen LogP contribution < -0.4 is 4.74 Å². The molecule has 3 heteroatoms. The van der Waals surface area contributed by atoms with Gasteiger partial charge in [-0.25, -0.2) is 0 Å². The van der Waals surface area contributed by atoms with E-state index in [2.05, 4.69) is 0 Å². The molecule has 0 saturated carbocycles. The standard InChI is InChI=1S/C11H13ClO2/c1-8-3-4-9(12)10(5-8)13-6-11(2)7-14-11/h3-5H,6-7H2,1-2H3. The Morgan fingerprint density at radius 3 is 2.93 bits per heavy atom. The van der Waals surface area contributed by atoms with Crippen molar-refractivity contribution in [1.29, 1.82) is 0 Å². The first-order valence-corrected chi connectivity index (χ1v) is 5.00. The number of hydrogen-bond acceptors (Lipinski definition) is 2. The smallest absolute Gasteiger partial charge is 0.138 e. The van der Waals surface area contributed by atoms with Crippen molar-refractivity contribution in [3.63, 3.8) is 0 Å². The zero-order chi connectivity index (χ0) is 10.2. The second-order valence-electron chi connectivity index (χ2n) is 3.96. The van der Waals surface area contributed by atoms with Crippen molar-refractivity contribution in [2.24, 2.45) is 0 Å². The lowest BCUT2D eigenvalue weighted by molar-refractivity contribution is 0.202. The van der Waals surface area contributed by atoms with E-state index in [4.69, 9.17) is 21.1 Å². The molecule has 1 unspecified atom stereocenters. The van der Waals surface area contributed by atoms with E-state index in [0.717, 1.165) is 17.9 Å². The van der Waals surface area contributed by atoms with Crippen LogP contribution in [0.5, 0.6) is 5.75 Å². The normalized spacial score (nSPS) is 24.8. The first-order chi connectivity index (χ1) is 6.59. The van der Waals surface area contributed by atoms with Gasteiger partial charge in [0.2, 0.25) is 0 Å². The molecule has 1 atom stereocenters. The number of benzene rings is 1. The second-order valence-corrected chi connectivity index (χ2v) is 4.37. The van der Waals surface area contributed by atoms with Crippen LogP contribution in [0.3, 0.4) is 0 Å². The summed E-state index contributed by atoms with van der Waals surface area (Å²) in [7, 11) is 0. The Kier molecular flexibility index (Phi) is 2.41. The van der Waals surface area contributed by atoms with Crippen LogP contribution in [0.15, 0.2) is 18.2 Å². The Morgan fingerprint density at radius 1 is 1.57 bits per heavy atom. The molecule has 0 aliphatic carbocycles. The third-order valence-corrected chi connectivity index (χ3v) is 2.57. The molecule has 2 rings (SSSR count). The molecule has 0 bridgehead atoms. The molecule has 2 nitrogen and oxygen atoms in total. The number of rotatable bonds is 3. The van der Waals surface area contributed by atoms with Crippen molar-refractivity contribution in [1.82, 2.24) is 0 Å². The van der Waals surface area contributed by atoms with E-state index in [9.17, 15) is 0 Å². The molecule has 76 valence electrons. The molecule has 1 aromatic rings. The fraction of sp³-hybridized carbons (Fsp3) is 0.455. The van der Waals surface area contributed by atoms with Crippen LogP contribution in [0.25, 0.3) is 0 Å². The zero-order valence-electron chi connectivity index (χ0n) is 8.34. The molecular formula is C11H13ClO2. The van der Waals surface area contributed by atoms with Gasteiger partial charge in [0, 0.05) is 0 Å². The van der Waals surface area contributed by atoms with Crippen molar-refractivity contribution in [2.75, 3.05) is 13.2 Å². The second kappa shape index (κ2) is 3.44. The molecule has 1 aliphatic rings. The Balaban J connectivity index is 2.04. The quantitative estimate of drug-likeness (QED) is 0.719. The molecule has 0 N–H and O–H groups in total. The van der Waals surface area contributed by atoms with E-state index in [0.29, 0.717) is 11.6 Å². The summed E-state index contributed by atoms with van der Waals surface area (Å²) in [6.45, 7) is 5.38. The van der Waals surface area contributed by atoms with Crippen molar-refractivity contribution in [3.05, 3.63) is 28.8 Å². The first-order valence-electron chi connectivity index (χ1n) is 4.62. The topological polar surface area (TPSA) is 21.8 Å². The van der Waals surface area contributed by atoms with Gasteiger partial charge in [0.15, 0.2) is 0 Å². The van der Waals surface area contributed by atoms with Crippen LogP contribution in [0.2, 0.25) is 5.02 Å². The Morgan fingerprint density at radius 2 is 2.29 bits per heavy atom. The summed E-state index contributed by atoms with van der Waals surface area (Å²) >= 11 is 5.98. The van der Waals surface area contributed by atoms with Gasteiger partial charge >= 0.3 is 0 Å². The van der Waals surface area contributed by atoms with Crippen LogP contribution in [0, 0.1) is 6.92 Å². The van der Waals surface area contributed by atoms with E-state index in [1.54, 1.807) is 0 Å². The summed E-state index contributed by atoms with van der Waals surface area (Å²) in [5.74, 6) is 0.739. The van der Waals surface area contributed by atoms with Gasteiger partial charge < -0.3 is 9.47 Å². The van der Waals surface area contributed by atoms with Crippen LogP contribution in [-0.2, 0) is 4.74 Å². The van der Waals surface area contributed by atoms with Gasteiger partial charge in [0.05, 0.1) is 11.6 Å². The zero-order valence-corrected chi connectivity index (χ0v) is 9.10. The molecule has 14 heavy (non-hydrogen) atoms. The fourth-order valence-corrected chi connectivity index (χ4v) is 1.33. The van der Waals surface area contributed by atoms with Gasteiger partial charge in [-0.15, -0.1) is 0 Å². The predicted octanol–water partition coefficient (Wildman–Crippen LogP) is 2.82. The van der Waals surface area contributed by atoms with E-state index < -0.39 is 0 Å². The molecule has 1 saturated heterocycles. The van der Waals surface area contributed by atoms with Crippen LogP contribution in [-0.4, -0.2) is 18.8 Å². The maximum Gasteiger partial charge on any atom is 0.138 e. The highest BCUT2D eigenvalue weighted by Gasteiger charge is 2.40.